The van der Waals surface area contributed by atoms with Gasteiger partial charge in [0.1, 0.15) is 0 Å². The summed E-state index contributed by atoms with van der Waals surface area (Å²) in [6.45, 7) is 4.45. The minimum absolute atomic E-state index is 0.912. The van der Waals surface area contributed by atoms with Crippen molar-refractivity contribution in [2.75, 3.05) is 0 Å². The van der Waals surface area contributed by atoms with Gasteiger partial charge in [-0.25, -0.2) is 0 Å². The van der Waals surface area contributed by atoms with Crippen LogP contribution in [0, 0.1) is 0 Å². The summed E-state index contributed by atoms with van der Waals surface area (Å²) in [5, 5.41) is 8.67. The Hall–Kier alpha value is -1.96. The lowest BCUT2D eigenvalue weighted by molar-refractivity contribution is 0.632. The van der Waals surface area contributed by atoms with Crippen molar-refractivity contribution in [1.82, 2.24) is 0 Å². The van der Waals surface area contributed by atoms with Crippen molar-refractivity contribution in [2.45, 2.75) is 65.2 Å². The number of hydrogen-bond donors (Lipinski definition) is 0. The van der Waals surface area contributed by atoms with Crippen LogP contribution in [0.15, 0.2) is 58.8 Å². The van der Waals surface area contributed by atoms with Crippen LogP contribution in [-0.4, -0.2) is 0 Å². The lowest BCUT2D eigenvalue weighted by Gasteiger charge is -2.02. The molecule has 0 heterocycles. The van der Waals surface area contributed by atoms with Crippen LogP contribution in [0.4, 0.5) is 11.4 Å². The SMILES string of the molecule is CCCCCCCc1ccc(/N=N/c2ccc(CCC)cc2)cc1. The summed E-state index contributed by atoms with van der Waals surface area (Å²) in [7, 11) is 0. The molecule has 128 valence electrons. The number of azo groups is 1. The van der Waals surface area contributed by atoms with E-state index in [1.54, 1.807) is 0 Å². The monoisotopic (exact) mass is 322 g/mol. The highest BCUT2D eigenvalue weighted by Crippen LogP contribution is 2.20. The largest absolute Gasteiger partial charge is 0.151 e. The molecule has 2 aromatic carbocycles. The highest BCUT2D eigenvalue weighted by atomic mass is 15.1. The lowest BCUT2D eigenvalue weighted by Crippen LogP contribution is -1.85. The predicted octanol–water partition coefficient (Wildman–Crippen LogP) is 7.57. The second-order valence-electron chi connectivity index (χ2n) is 6.45. The summed E-state index contributed by atoms with van der Waals surface area (Å²) in [6, 6.07) is 16.8. The fourth-order valence-electron chi connectivity index (χ4n) is 2.80. The molecule has 0 saturated carbocycles. The Kier molecular flexibility index (Phi) is 8.23. The molecule has 0 spiro atoms. The Morgan fingerprint density at radius 3 is 1.54 bits per heavy atom. The van der Waals surface area contributed by atoms with Crippen LogP contribution in [-0.2, 0) is 12.8 Å². The van der Waals surface area contributed by atoms with Crippen LogP contribution >= 0.6 is 0 Å². The first kappa shape index (κ1) is 18.4. The molecule has 0 unspecified atom stereocenters. The van der Waals surface area contributed by atoms with Gasteiger partial charge in [-0.3, -0.25) is 0 Å². The van der Waals surface area contributed by atoms with Crippen molar-refractivity contribution in [3.05, 3.63) is 59.7 Å². The topological polar surface area (TPSA) is 24.7 Å². The first-order valence-corrected chi connectivity index (χ1v) is 9.41. The summed E-state index contributed by atoms with van der Waals surface area (Å²) in [5.74, 6) is 0. The summed E-state index contributed by atoms with van der Waals surface area (Å²) in [5.41, 5.74) is 4.59. The Morgan fingerprint density at radius 2 is 1.04 bits per heavy atom. The smallest absolute Gasteiger partial charge is 0.0857 e. The van der Waals surface area contributed by atoms with Gasteiger partial charge in [-0.15, -0.1) is 0 Å². The number of hydrogen-bond acceptors (Lipinski definition) is 2. The van der Waals surface area contributed by atoms with Crippen LogP contribution in [0.25, 0.3) is 0 Å². The van der Waals surface area contributed by atoms with E-state index in [1.165, 1.54) is 56.1 Å². The van der Waals surface area contributed by atoms with Crippen LogP contribution in [0.1, 0.15) is 63.5 Å². The Morgan fingerprint density at radius 1 is 0.542 bits per heavy atom. The second kappa shape index (κ2) is 10.7. The summed E-state index contributed by atoms with van der Waals surface area (Å²) in [4.78, 5) is 0. The first-order valence-electron chi connectivity index (χ1n) is 9.41. The third-order valence-corrected chi connectivity index (χ3v) is 4.26. The molecule has 0 aromatic heterocycles. The average molecular weight is 322 g/mol. The molecule has 0 bridgehead atoms. The number of rotatable bonds is 10. The molecule has 0 amide bonds. The van der Waals surface area contributed by atoms with E-state index in [4.69, 9.17) is 0 Å². The predicted molar refractivity (Wildman–Crippen MR) is 104 cm³/mol. The van der Waals surface area contributed by atoms with E-state index in [2.05, 4.69) is 60.5 Å². The van der Waals surface area contributed by atoms with Gasteiger partial charge in [0, 0.05) is 0 Å². The molecular weight excluding hydrogens is 292 g/mol. The van der Waals surface area contributed by atoms with Crippen molar-refractivity contribution >= 4 is 11.4 Å². The molecule has 0 aliphatic heterocycles. The van der Waals surface area contributed by atoms with Crippen molar-refractivity contribution in [3.8, 4) is 0 Å². The fourth-order valence-corrected chi connectivity index (χ4v) is 2.80. The van der Waals surface area contributed by atoms with Gasteiger partial charge in [-0.05, 0) is 54.7 Å². The minimum atomic E-state index is 0.912. The van der Waals surface area contributed by atoms with Gasteiger partial charge in [0.2, 0.25) is 0 Å². The van der Waals surface area contributed by atoms with Gasteiger partial charge in [-0.1, -0.05) is 70.2 Å². The van der Waals surface area contributed by atoms with E-state index in [9.17, 15) is 0 Å². The molecule has 0 aliphatic rings. The molecule has 2 aromatic rings. The normalized spacial score (nSPS) is 11.2. The summed E-state index contributed by atoms with van der Waals surface area (Å²) >= 11 is 0. The van der Waals surface area contributed by atoms with E-state index in [0.717, 1.165) is 17.8 Å². The molecule has 2 heteroatoms. The van der Waals surface area contributed by atoms with Gasteiger partial charge < -0.3 is 0 Å². The van der Waals surface area contributed by atoms with E-state index < -0.39 is 0 Å². The third-order valence-electron chi connectivity index (χ3n) is 4.26. The molecule has 2 nitrogen and oxygen atoms in total. The number of nitrogens with zero attached hydrogens (tertiary/aromatic N) is 2. The molecular formula is C22H30N2. The highest BCUT2D eigenvalue weighted by Gasteiger charge is 1.96. The maximum absolute atomic E-state index is 4.34. The lowest BCUT2D eigenvalue weighted by atomic mass is 10.1. The van der Waals surface area contributed by atoms with Gasteiger partial charge in [-0.2, -0.15) is 10.2 Å². The molecule has 2 rings (SSSR count). The molecule has 24 heavy (non-hydrogen) atoms. The van der Waals surface area contributed by atoms with E-state index in [0.29, 0.717) is 0 Å². The van der Waals surface area contributed by atoms with Crippen LogP contribution in [0.2, 0.25) is 0 Å². The number of unbranched alkanes of at least 4 members (excludes halogenated alkanes) is 4. The Balaban J connectivity index is 1.82. The van der Waals surface area contributed by atoms with E-state index in [-0.39, 0.29) is 0 Å². The Bertz CT molecular complexity index is 597. The van der Waals surface area contributed by atoms with Gasteiger partial charge >= 0.3 is 0 Å². The van der Waals surface area contributed by atoms with Crippen molar-refractivity contribution < 1.29 is 0 Å². The van der Waals surface area contributed by atoms with Crippen LogP contribution in [0.5, 0.6) is 0 Å². The zero-order valence-corrected chi connectivity index (χ0v) is 15.2. The second-order valence-corrected chi connectivity index (χ2v) is 6.45. The molecule has 0 fully saturated rings. The minimum Gasteiger partial charge on any atom is -0.151 e. The standard InChI is InChI=1S/C22H30N2/c1-3-5-6-7-8-10-20-13-17-22(18-14-20)24-23-21-15-11-19(9-4-2)12-16-21/h11-18H,3-10H2,1-2H3/b24-23+. The highest BCUT2D eigenvalue weighted by molar-refractivity contribution is 5.42. The summed E-state index contributed by atoms with van der Waals surface area (Å²) in [6.07, 6.45) is 10.1. The van der Waals surface area contributed by atoms with Crippen LogP contribution < -0.4 is 0 Å². The van der Waals surface area contributed by atoms with Crippen molar-refractivity contribution in [1.29, 1.82) is 0 Å². The molecule has 0 radical (unpaired) electrons. The fraction of sp³-hybridized carbons (Fsp3) is 0.455. The van der Waals surface area contributed by atoms with Gasteiger partial charge in [0.15, 0.2) is 0 Å². The van der Waals surface area contributed by atoms with Gasteiger partial charge in [0.05, 0.1) is 11.4 Å². The quantitative estimate of drug-likeness (QED) is 0.318. The average Bonchev–Trinajstić information content (AvgIpc) is 2.62. The van der Waals surface area contributed by atoms with Crippen molar-refractivity contribution in [3.63, 3.8) is 0 Å². The molecule has 0 N–H and O–H groups in total. The maximum atomic E-state index is 4.34. The van der Waals surface area contributed by atoms with E-state index >= 15 is 0 Å². The Labute approximate surface area is 147 Å². The zero-order chi connectivity index (χ0) is 17.0. The van der Waals surface area contributed by atoms with E-state index in [1.807, 2.05) is 12.1 Å². The van der Waals surface area contributed by atoms with Crippen molar-refractivity contribution in [2.24, 2.45) is 10.2 Å². The molecule has 0 atom stereocenters. The zero-order valence-electron chi connectivity index (χ0n) is 15.2. The third kappa shape index (κ3) is 6.66. The number of benzene rings is 2. The maximum Gasteiger partial charge on any atom is 0.0857 e. The van der Waals surface area contributed by atoms with Crippen LogP contribution in [0.3, 0.4) is 0 Å². The first-order chi connectivity index (χ1) is 11.8. The van der Waals surface area contributed by atoms with Gasteiger partial charge in [0.25, 0.3) is 0 Å². The molecule has 0 saturated heterocycles. The summed E-state index contributed by atoms with van der Waals surface area (Å²) < 4.78 is 0. The number of aryl methyl sites for hydroxylation is 2. The molecule has 0 aliphatic carbocycles.